The molecule has 0 bridgehead atoms. The third-order valence-electron chi connectivity index (χ3n) is 4.49. The highest BCUT2D eigenvalue weighted by Gasteiger charge is 2.10. The maximum Gasteiger partial charge on any atom is 0.291 e. The van der Waals surface area contributed by atoms with E-state index in [9.17, 15) is 4.79 Å². The minimum atomic E-state index is -0.190. The van der Waals surface area contributed by atoms with Crippen molar-refractivity contribution in [3.05, 3.63) is 79.9 Å². The fourth-order valence-electron chi connectivity index (χ4n) is 2.97. The number of nitrogens with zero attached hydrogens (tertiary/aromatic N) is 3. The lowest BCUT2D eigenvalue weighted by Gasteiger charge is -2.09. The number of aromatic nitrogens is 3. The lowest BCUT2D eigenvalue weighted by Crippen LogP contribution is -2.23. The van der Waals surface area contributed by atoms with Crippen LogP contribution in [0, 0.1) is 6.92 Å². The van der Waals surface area contributed by atoms with Crippen molar-refractivity contribution in [3.63, 3.8) is 0 Å². The number of rotatable bonds is 6. The number of hydrogen-bond donors (Lipinski definition) is 0. The van der Waals surface area contributed by atoms with Crippen molar-refractivity contribution in [2.24, 2.45) is 0 Å². The first-order valence-corrected chi connectivity index (χ1v) is 10.4. The maximum absolute atomic E-state index is 12.7. The van der Waals surface area contributed by atoms with Crippen LogP contribution >= 0.6 is 11.3 Å². The summed E-state index contributed by atoms with van der Waals surface area (Å²) in [6.45, 7) is 4.52. The van der Waals surface area contributed by atoms with Crippen LogP contribution in [0.3, 0.4) is 0 Å². The summed E-state index contributed by atoms with van der Waals surface area (Å²) in [7, 11) is 1.59. The van der Waals surface area contributed by atoms with Crippen LogP contribution in [0.4, 0.5) is 0 Å². The van der Waals surface area contributed by atoms with E-state index in [1.165, 1.54) is 21.4 Å². The molecule has 0 amide bonds. The Hall–Kier alpha value is -3.45. The van der Waals surface area contributed by atoms with Gasteiger partial charge >= 0.3 is 0 Å². The lowest BCUT2D eigenvalue weighted by atomic mass is 10.1. The summed E-state index contributed by atoms with van der Waals surface area (Å²) < 4.78 is 12.8. The molecule has 2 aromatic heterocycles. The Morgan fingerprint density at radius 1 is 1.07 bits per heavy atom. The predicted octanol–water partition coefficient (Wildman–Crippen LogP) is 3.58. The van der Waals surface area contributed by atoms with Gasteiger partial charge in [0.05, 0.1) is 18.2 Å². The quantitative estimate of drug-likeness (QED) is 0.478. The number of hydrogen-bond acceptors (Lipinski definition) is 6. The van der Waals surface area contributed by atoms with E-state index in [1.807, 2.05) is 74.5 Å². The molecule has 0 aliphatic heterocycles. The maximum atomic E-state index is 12.7. The van der Waals surface area contributed by atoms with Gasteiger partial charge in [0.1, 0.15) is 0 Å². The van der Waals surface area contributed by atoms with E-state index in [0.29, 0.717) is 33.4 Å². The lowest BCUT2D eigenvalue weighted by molar-refractivity contribution is 0.311. The van der Waals surface area contributed by atoms with Gasteiger partial charge in [-0.3, -0.25) is 4.79 Å². The van der Waals surface area contributed by atoms with E-state index in [0.717, 1.165) is 11.1 Å². The molecule has 2 heterocycles. The summed E-state index contributed by atoms with van der Waals surface area (Å²) in [5.41, 5.74) is 2.92. The minimum absolute atomic E-state index is 0.190. The van der Waals surface area contributed by atoms with Crippen molar-refractivity contribution in [2.75, 3.05) is 13.7 Å². The molecular weight excluding hydrogens is 398 g/mol. The van der Waals surface area contributed by atoms with Crippen LogP contribution in [0.2, 0.25) is 0 Å². The molecule has 0 fully saturated rings. The smallest absolute Gasteiger partial charge is 0.291 e. The number of thiazole rings is 1. The Bertz CT molecular complexity index is 1320. The molecule has 0 radical (unpaired) electrons. The van der Waals surface area contributed by atoms with Gasteiger partial charge in [0, 0.05) is 0 Å². The number of fused-ring (bicyclic) bond motifs is 1. The number of aryl methyl sites for hydroxylation is 1. The Morgan fingerprint density at radius 3 is 2.53 bits per heavy atom. The van der Waals surface area contributed by atoms with Gasteiger partial charge in [0.25, 0.3) is 5.56 Å². The van der Waals surface area contributed by atoms with Crippen LogP contribution in [0.25, 0.3) is 23.2 Å². The van der Waals surface area contributed by atoms with Crippen LogP contribution in [0.1, 0.15) is 29.4 Å². The summed E-state index contributed by atoms with van der Waals surface area (Å²) in [6.07, 6.45) is 5.55. The normalized spacial score (nSPS) is 12.2. The number of ether oxygens (including phenoxy) is 2. The molecule has 0 spiro atoms. The highest BCUT2D eigenvalue weighted by atomic mass is 32.1. The third kappa shape index (κ3) is 4.11. The topological polar surface area (TPSA) is 65.7 Å². The molecule has 7 heteroatoms. The molecule has 4 rings (SSSR count). The molecule has 6 nitrogen and oxygen atoms in total. The summed E-state index contributed by atoms with van der Waals surface area (Å²) in [4.78, 5) is 17.8. The molecule has 0 atom stereocenters. The average molecular weight is 420 g/mol. The first-order valence-electron chi connectivity index (χ1n) is 9.54. The van der Waals surface area contributed by atoms with Crippen LogP contribution in [-0.2, 0) is 0 Å². The second-order valence-electron chi connectivity index (χ2n) is 6.67. The Morgan fingerprint density at radius 2 is 1.83 bits per heavy atom. The van der Waals surface area contributed by atoms with E-state index in [4.69, 9.17) is 9.47 Å². The monoisotopic (exact) mass is 419 g/mol. The van der Waals surface area contributed by atoms with Crippen molar-refractivity contribution in [1.29, 1.82) is 0 Å². The summed E-state index contributed by atoms with van der Waals surface area (Å²) >= 11 is 1.31. The first-order chi connectivity index (χ1) is 14.6. The van der Waals surface area contributed by atoms with Crippen LogP contribution < -0.4 is 19.6 Å². The van der Waals surface area contributed by atoms with Gasteiger partial charge < -0.3 is 9.47 Å². The Labute approximate surface area is 177 Å². The molecule has 30 heavy (non-hydrogen) atoms. The summed E-state index contributed by atoms with van der Waals surface area (Å²) in [5.74, 6) is 1.81. The van der Waals surface area contributed by atoms with Gasteiger partial charge in [0.15, 0.2) is 17.3 Å². The third-order valence-corrected chi connectivity index (χ3v) is 5.44. The zero-order valence-corrected chi connectivity index (χ0v) is 17.8. The zero-order chi connectivity index (χ0) is 21.1. The summed E-state index contributed by atoms with van der Waals surface area (Å²) in [5, 5.41) is 4.33. The standard InChI is InChI=1S/C23H21N3O3S/c1-4-29-18-11-9-17(13-19(18)28-3)14-20-22(27)26-23(30-20)24-21(25-26)12-10-16-7-5-15(2)6-8-16/h5-14H,4H2,1-3H3/b12-10+,20-14-. The zero-order valence-electron chi connectivity index (χ0n) is 17.0. The van der Waals surface area contributed by atoms with Gasteiger partial charge in [-0.05, 0) is 49.3 Å². The average Bonchev–Trinajstić information content (AvgIpc) is 3.27. The molecule has 0 N–H and O–H groups in total. The van der Waals surface area contributed by atoms with Crippen molar-refractivity contribution in [1.82, 2.24) is 14.6 Å². The fourth-order valence-corrected chi connectivity index (χ4v) is 3.88. The van der Waals surface area contributed by atoms with Gasteiger partial charge in [-0.2, -0.15) is 9.50 Å². The SMILES string of the molecule is CCOc1ccc(/C=c2\sc3nc(/C=C/c4ccc(C)cc4)nn3c2=O)cc1OC. The van der Waals surface area contributed by atoms with Gasteiger partial charge in [0.2, 0.25) is 4.96 Å². The minimum Gasteiger partial charge on any atom is -0.493 e. The molecule has 0 saturated carbocycles. The number of benzene rings is 2. The largest absolute Gasteiger partial charge is 0.493 e. The Balaban J connectivity index is 1.64. The van der Waals surface area contributed by atoms with Gasteiger partial charge in [-0.1, -0.05) is 53.3 Å². The molecule has 2 aromatic carbocycles. The second-order valence-corrected chi connectivity index (χ2v) is 7.68. The predicted molar refractivity (Wildman–Crippen MR) is 120 cm³/mol. The van der Waals surface area contributed by atoms with Crippen molar-refractivity contribution in [2.45, 2.75) is 13.8 Å². The molecule has 152 valence electrons. The van der Waals surface area contributed by atoms with Crippen LogP contribution in [0.5, 0.6) is 11.5 Å². The van der Waals surface area contributed by atoms with Gasteiger partial charge in [-0.15, -0.1) is 5.10 Å². The number of methoxy groups -OCH3 is 1. The van der Waals surface area contributed by atoms with Crippen LogP contribution in [0.15, 0.2) is 47.3 Å². The first kappa shape index (κ1) is 19.8. The molecule has 0 aliphatic rings. The molecule has 0 saturated heterocycles. The van der Waals surface area contributed by atoms with E-state index in [1.54, 1.807) is 7.11 Å². The van der Waals surface area contributed by atoms with Crippen molar-refractivity contribution in [3.8, 4) is 11.5 Å². The van der Waals surface area contributed by atoms with Crippen molar-refractivity contribution >= 4 is 34.5 Å². The van der Waals surface area contributed by atoms with Crippen LogP contribution in [-0.4, -0.2) is 28.3 Å². The highest BCUT2D eigenvalue weighted by molar-refractivity contribution is 7.15. The second kappa shape index (κ2) is 8.51. The Kier molecular flexibility index (Phi) is 5.63. The molecular formula is C23H21N3O3S. The molecule has 0 unspecified atom stereocenters. The van der Waals surface area contributed by atoms with E-state index < -0.39 is 0 Å². The van der Waals surface area contributed by atoms with E-state index in [-0.39, 0.29) is 5.56 Å². The molecule has 0 aliphatic carbocycles. The van der Waals surface area contributed by atoms with E-state index in [2.05, 4.69) is 10.1 Å². The van der Waals surface area contributed by atoms with E-state index >= 15 is 0 Å². The fraction of sp³-hybridized carbons (Fsp3) is 0.174. The van der Waals surface area contributed by atoms with Crippen molar-refractivity contribution < 1.29 is 9.47 Å². The van der Waals surface area contributed by atoms with Gasteiger partial charge in [-0.25, -0.2) is 0 Å². The molecule has 4 aromatic rings. The summed E-state index contributed by atoms with van der Waals surface area (Å²) in [6, 6.07) is 13.7. The highest BCUT2D eigenvalue weighted by Crippen LogP contribution is 2.28.